The van der Waals surface area contributed by atoms with E-state index in [4.69, 9.17) is 11.5 Å². The molecule has 6 nitrogen and oxygen atoms in total. The molecule has 0 bridgehead atoms. The average Bonchev–Trinajstić information content (AvgIpc) is 2.10. The molecule has 0 heterocycles. The number of urea groups is 1. The van der Waals surface area contributed by atoms with Gasteiger partial charge in [-0.15, -0.1) is 0 Å². The Bertz CT molecular complexity index is 184. The molecular formula is C7H15N3O3. The van der Waals surface area contributed by atoms with Gasteiger partial charge in [0.25, 0.3) is 0 Å². The topological polar surface area (TPSA) is 107 Å². The zero-order chi connectivity index (χ0) is 10.3. The number of amides is 2. The van der Waals surface area contributed by atoms with E-state index in [1.807, 2.05) is 0 Å². The zero-order valence-electron chi connectivity index (χ0n) is 7.58. The van der Waals surface area contributed by atoms with Crippen LogP contribution in [0, 0.1) is 0 Å². The van der Waals surface area contributed by atoms with Gasteiger partial charge in [-0.05, 0) is 19.4 Å². The molecule has 0 saturated heterocycles. The highest BCUT2D eigenvalue weighted by molar-refractivity contribution is 5.82. The summed E-state index contributed by atoms with van der Waals surface area (Å²) in [7, 11) is 1.25. The van der Waals surface area contributed by atoms with Crippen LogP contribution in [0.4, 0.5) is 4.79 Å². The summed E-state index contributed by atoms with van der Waals surface area (Å²) in [5.74, 6) is -0.507. The second-order valence-corrected chi connectivity index (χ2v) is 2.52. The van der Waals surface area contributed by atoms with E-state index in [1.165, 1.54) is 7.11 Å². The molecule has 76 valence electrons. The Labute approximate surface area is 76.6 Å². The lowest BCUT2D eigenvalue weighted by molar-refractivity contribution is -0.143. The number of carbonyl (C=O) groups excluding carboxylic acids is 2. The molecule has 0 radical (unpaired) electrons. The van der Waals surface area contributed by atoms with Gasteiger partial charge in [-0.2, -0.15) is 0 Å². The van der Waals surface area contributed by atoms with Crippen LogP contribution in [-0.2, 0) is 9.53 Å². The van der Waals surface area contributed by atoms with E-state index in [0.717, 1.165) is 0 Å². The number of rotatable bonds is 5. The number of ether oxygens (including phenoxy) is 1. The molecule has 13 heavy (non-hydrogen) atoms. The van der Waals surface area contributed by atoms with Crippen molar-refractivity contribution in [1.82, 2.24) is 5.32 Å². The van der Waals surface area contributed by atoms with Gasteiger partial charge in [-0.25, -0.2) is 9.59 Å². The molecule has 0 aromatic rings. The van der Waals surface area contributed by atoms with Gasteiger partial charge in [0, 0.05) is 0 Å². The summed E-state index contributed by atoms with van der Waals surface area (Å²) in [6.45, 7) is 0.452. The number of esters is 1. The van der Waals surface area contributed by atoms with Crippen molar-refractivity contribution in [3.63, 3.8) is 0 Å². The molecule has 2 amide bonds. The predicted molar refractivity (Wildman–Crippen MR) is 46.8 cm³/mol. The van der Waals surface area contributed by atoms with E-state index < -0.39 is 18.0 Å². The SMILES string of the molecule is COC(=O)C(CCCN)NC(N)=O. The highest BCUT2D eigenvalue weighted by Crippen LogP contribution is 1.97. The van der Waals surface area contributed by atoms with Crippen LogP contribution in [0.25, 0.3) is 0 Å². The van der Waals surface area contributed by atoms with Crippen LogP contribution in [0.5, 0.6) is 0 Å². The summed E-state index contributed by atoms with van der Waals surface area (Å²) in [6, 6.07) is -1.43. The van der Waals surface area contributed by atoms with E-state index >= 15 is 0 Å². The molecule has 1 unspecified atom stereocenters. The van der Waals surface area contributed by atoms with Gasteiger partial charge in [0.15, 0.2) is 0 Å². The lowest BCUT2D eigenvalue weighted by Crippen LogP contribution is -2.44. The first-order valence-corrected chi connectivity index (χ1v) is 3.95. The first kappa shape index (κ1) is 11.7. The Hall–Kier alpha value is -1.30. The lowest BCUT2D eigenvalue weighted by atomic mass is 10.1. The molecule has 5 N–H and O–H groups in total. The maximum absolute atomic E-state index is 11.0. The predicted octanol–water partition coefficient (Wildman–Crippen LogP) is -1.06. The van der Waals surface area contributed by atoms with E-state index in [1.54, 1.807) is 0 Å². The van der Waals surface area contributed by atoms with Crippen LogP contribution in [-0.4, -0.2) is 31.7 Å². The van der Waals surface area contributed by atoms with E-state index in [9.17, 15) is 9.59 Å². The van der Waals surface area contributed by atoms with Gasteiger partial charge in [0.2, 0.25) is 0 Å². The highest BCUT2D eigenvalue weighted by atomic mass is 16.5. The molecule has 0 aliphatic carbocycles. The molecule has 0 saturated carbocycles. The number of nitrogens with two attached hydrogens (primary N) is 2. The molecule has 0 aliphatic rings. The Kier molecular flexibility index (Phi) is 5.62. The molecule has 0 aromatic carbocycles. The third-order valence-electron chi connectivity index (χ3n) is 1.50. The quantitative estimate of drug-likeness (QED) is 0.479. The summed E-state index contributed by atoms with van der Waals surface area (Å²) < 4.78 is 4.46. The van der Waals surface area contributed by atoms with Gasteiger partial charge in [0.1, 0.15) is 6.04 Å². The largest absolute Gasteiger partial charge is 0.467 e. The number of methoxy groups -OCH3 is 1. The van der Waals surface area contributed by atoms with Crippen LogP contribution in [0.2, 0.25) is 0 Å². The first-order chi connectivity index (χ1) is 6.11. The van der Waals surface area contributed by atoms with Crippen molar-refractivity contribution in [2.75, 3.05) is 13.7 Å². The molecule has 0 aromatic heterocycles. The Morgan fingerprint density at radius 1 is 1.54 bits per heavy atom. The second kappa shape index (κ2) is 6.24. The van der Waals surface area contributed by atoms with Crippen LogP contribution >= 0.6 is 0 Å². The number of carbonyl (C=O) groups is 2. The van der Waals surface area contributed by atoms with Crippen molar-refractivity contribution in [2.24, 2.45) is 11.5 Å². The minimum Gasteiger partial charge on any atom is -0.467 e. The summed E-state index contributed by atoms with van der Waals surface area (Å²) in [4.78, 5) is 21.5. The van der Waals surface area contributed by atoms with Crippen molar-refractivity contribution in [1.29, 1.82) is 0 Å². The third kappa shape index (κ3) is 5.02. The minimum absolute atomic E-state index is 0.437. The Balaban J connectivity index is 4.02. The maximum Gasteiger partial charge on any atom is 0.328 e. The molecule has 0 rings (SSSR count). The zero-order valence-corrected chi connectivity index (χ0v) is 7.58. The van der Waals surface area contributed by atoms with Gasteiger partial charge in [-0.3, -0.25) is 0 Å². The fraction of sp³-hybridized carbons (Fsp3) is 0.714. The second-order valence-electron chi connectivity index (χ2n) is 2.52. The summed E-state index contributed by atoms with van der Waals surface area (Å²) in [5.41, 5.74) is 10.1. The summed E-state index contributed by atoms with van der Waals surface area (Å²) in [6.07, 6.45) is 1.06. The normalized spacial score (nSPS) is 11.8. The van der Waals surface area contributed by atoms with Gasteiger partial charge < -0.3 is 21.5 Å². The van der Waals surface area contributed by atoms with Crippen molar-refractivity contribution in [2.45, 2.75) is 18.9 Å². The monoisotopic (exact) mass is 189 g/mol. The molecule has 1 atom stereocenters. The maximum atomic E-state index is 11.0. The molecule has 0 spiro atoms. The van der Waals surface area contributed by atoms with Crippen molar-refractivity contribution < 1.29 is 14.3 Å². The van der Waals surface area contributed by atoms with E-state index in [0.29, 0.717) is 19.4 Å². The molecular weight excluding hydrogens is 174 g/mol. The summed E-state index contributed by atoms with van der Waals surface area (Å²) >= 11 is 0. The van der Waals surface area contributed by atoms with Crippen molar-refractivity contribution >= 4 is 12.0 Å². The number of nitrogens with one attached hydrogen (secondary N) is 1. The van der Waals surface area contributed by atoms with Gasteiger partial charge >= 0.3 is 12.0 Å². The minimum atomic E-state index is -0.743. The molecule has 0 fully saturated rings. The van der Waals surface area contributed by atoms with Crippen molar-refractivity contribution in [3.05, 3.63) is 0 Å². The lowest BCUT2D eigenvalue weighted by Gasteiger charge is -2.13. The Morgan fingerprint density at radius 3 is 2.54 bits per heavy atom. The third-order valence-corrected chi connectivity index (χ3v) is 1.50. The number of primary amides is 1. The van der Waals surface area contributed by atoms with Crippen LogP contribution in [0.15, 0.2) is 0 Å². The molecule has 0 aliphatic heterocycles. The van der Waals surface area contributed by atoms with E-state index in [-0.39, 0.29) is 0 Å². The highest BCUT2D eigenvalue weighted by Gasteiger charge is 2.19. The standard InChI is InChI=1S/C7H15N3O3/c1-13-6(11)5(3-2-4-8)10-7(9)12/h5H,2-4,8H2,1H3,(H3,9,10,12). The van der Waals surface area contributed by atoms with Gasteiger partial charge in [0.05, 0.1) is 7.11 Å². The first-order valence-electron chi connectivity index (χ1n) is 3.95. The smallest absolute Gasteiger partial charge is 0.328 e. The fourth-order valence-electron chi connectivity index (χ4n) is 0.885. The fourth-order valence-corrected chi connectivity index (χ4v) is 0.885. The van der Waals surface area contributed by atoms with Crippen LogP contribution in [0.3, 0.4) is 0 Å². The van der Waals surface area contributed by atoms with Crippen molar-refractivity contribution in [3.8, 4) is 0 Å². The Morgan fingerprint density at radius 2 is 2.15 bits per heavy atom. The average molecular weight is 189 g/mol. The van der Waals surface area contributed by atoms with Gasteiger partial charge in [-0.1, -0.05) is 0 Å². The number of hydrogen-bond acceptors (Lipinski definition) is 4. The van der Waals surface area contributed by atoms with E-state index in [2.05, 4.69) is 10.1 Å². The number of hydrogen-bond donors (Lipinski definition) is 3. The van der Waals surface area contributed by atoms with Crippen LogP contribution < -0.4 is 16.8 Å². The van der Waals surface area contributed by atoms with Crippen LogP contribution in [0.1, 0.15) is 12.8 Å². The molecule has 6 heteroatoms. The summed E-state index contributed by atoms with van der Waals surface area (Å²) in [5, 5.41) is 2.27.